The van der Waals surface area contributed by atoms with E-state index < -0.39 is 0 Å². The monoisotopic (exact) mass is 265 g/mol. The van der Waals surface area contributed by atoms with Gasteiger partial charge in [-0.1, -0.05) is 6.92 Å². The highest BCUT2D eigenvalue weighted by atomic mass is 15.1. The minimum Gasteiger partial charge on any atom is -0.383 e. The summed E-state index contributed by atoms with van der Waals surface area (Å²) in [6, 6.07) is 0.586. The number of nitrogens with zero attached hydrogens (tertiary/aromatic N) is 3. The molecule has 0 aliphatic rings. The molecular formula is C14H27N5. The number of nitrogens with one attached hydrogen (secondary N) is 1. The van der Waals surface area contributed by atoms with E-state index in [2.05, 4.69) is 41.1 Å². The van der Waals surface area contributed by atoms with Gasteiger partial charge in [0.05, 0.1) is 0 Å². The van der Waals surface area contributed by atoms with Gasteiger partial charge in [0, 0.05) is 24.6 Å². The third-order valence-electron chi connectivity index (χ3n) is 3.41. The molecule has 5 heteroatoms. The first kappa shape index (κ1) is 15.7. The zero-order valence-corrected chi connectivity index (χ0v) is 12.8. The molecular weight excluding hydrogens is 238 g/mol. The number of aryl methyl sites for hydroxylation is 1. The molecule has 1 rings (SSSR count). The van der Waals surface area contributed by atoms with Crippen LogP contribution in [0.3, 0.4) is 0 Å². The Morgan fingerprint density at radius 2 is 2.00 bits per heavy atom. The van der Waals surface area contributed by atoms with Gasteiger partial charge < -0.3 is 16.0 Å². The molecule has 0 aliphatic carbocycles. The quantitative estimate of drug-likeness (QED) is 0.739. The molecule has 0 aliphatic heterocycles. The van der Waals surface area contributed by atoms with Crippen molar-refractivity contribution in [2.75, 3.05) is 31.2 Å². The minimum atomic E-state index is 0.577. The lowest BCUT2D eigenvalue weighted by Gasteiger charge is -2.21. The Balaban J connectivity index is 2.51. The van der Waals surface area contributed by atoms with Crippen molar-refractivity contribution in [3.63, 3.8) is 0 Å². The van der Waals surface area contributed by atoms with Crippen molar-refractivity contribution in [2.45, 2.75) is 46.6 Å². The molecule has 0 spiro atoms. The molecule has 1 aromatic heterocycles. The SMILES string of the molecule is CCc1nc(N)c(C)c(NCCCN(C)C(C)C)n1. The molecule has 0 bridgehead atoms. The average molecular weight is 265 g/mol. The average Bonchev–Trinajstić information content (AvgIpc) is 2.38. The number of hydrogen-bond acceptors (Lipinski definition) is 5. The highest BCUT2D eigenvalue weighted by molar-refractivity contribution is 5.54. The van der Waals surface area contributed by atoms with E-state index in [4.69, 9.17) is 5.73 Å². The summed E-state index contributed by atoms with van der Waals surface area (Å²) in [4.78, 5) is 11.1. The summed E-state index contributed by atoms with van der Waals surface area (Å²) in [5, 5.41) is 3.36. The first-order valence-electron chi connectivity index (χ1n) is 7.02. The fourth-order valence-corrected chi connectivity index (χ4v) is 1.71. The number of nitrogen functional groups attached to an aromatic ring is 1. The standard InChI is InChI=1S/C14H27N5/c1-6-12-17-13(15)11(4)14(18-12)16-8-7-9-19(5)10(2)3/h10H,6-9H2,1-5H3,(H3,15,16,17,18). The predicted octanol–water partition coefficient (Wildman–Crippen LogP) is 2.07. The van der Waals surface area contributed by atoms with Crippen molar-refractivity contribution in [3.05, 3.63) is 11.4 Å². The van der Waals surface area contributed by atoms with Crippen molar-refractivity contribution in [3.8, 4) is 0 Å². The topological polar surface area (TPSA) is 67.1 Å². The van der Waals surface area contributed by atoms with Crippen molar-refractivity contribution in [2.24, 2.45) is 0 Å². The number of rotatable bonds is 7. The van der Waals surface area contributed by atoms with E-state index in [1.54, 1.807) is 0 Å². The number of aromatic nitrogens is 2. The normalized spacial score (nSPS) is 11.3. The molecule has 0 unspecified atom stereocenters. The molecule has 1 heterocycles. The number of nitrogens with two attached hydrogens (primary N) is 1. The predicted molar refractivity (Wildman–Crippen MR) is 81.4 cm³/mol. The van der Waals surface area contributed by atoms with Gasteiger partial charge in [0.15, 0.2) is 0 Å². The Hall–Kier alpha value is -1.36. The fraction of sp³-hybridized carbons (Fsp3) is 0.714. The van der Waals surface area contributed by atoms with Crippen LogP contribution in [0.2, 0.25) is 0 Å². The van der Waals surface area contributed by atoms with E-state index >= 15 is 0 Å². The molecule has 0 aromatic carbocycles. The second-order valence-electron chi connectivity index (χ2n) is 5.21. The first-order valence-corrected chi connectivity index (χ1v) is 7.02. The summed E-state index contributed by atoms with van der Waals surface area (Å²) in [7, 11) is 2.15. The van der Waals surface area contributed by atoms with Gasteiger partial charge in [-0.2, -0.15) is 0 Å². The summed E-state index contributed by atoms with van der Waals surface area (Å²) in [6.07, 6.45) is 1.88. The molecule has 0 saturated carbocycles. The maximum Gasteiger partial charge on any atom is 0.134 e. The Bertz CT molecular complexity index is 403. The van der Waals surface area contributed by atoms with Crippen LogP contribution in [0.5, 0.6) is 0 Å². The zero-order valence-electron chi connectivity index (χ0n) is 12.8. The summed E-state index contributed by atoms with van der Waals surface area (Å²) in [5.74, 6) is 2.25. The number of hydrogen-bond donors (Lipinski definition) is 2. The molecule has 0 amide bonds. The van der Waals surface area contributed by atoms with Gasteiger partial charge in [0.2, 0.25) is 0 Å². The molecule has 3 N–H and O–H groups in total. The summed E-state index contributed by atoms with van der Waals surface area (Å²) < 4.78 is 0. The van der Waals surface area contributed by atoms with Gasteiger partial charge in [-0.25, -0.2) is 9.97 Å². The van der Waals surface area contributed by atoms with Crippen LogP contribution in [-0.4, -0.2) is 41.0 Å². The van der Waals surface area contributed by atoms with E-state index in [-0.39, 0.29) is 0 Å². The van der Waals surface area contributed by atoms with E-state index in [9.17, 15) is 0 Å². The fourth-order valence-electron chi connectivity index (χ4n) is 1.71. The van der Waals surface area contributed by atoms with Gasteiger partial charge >= 0.3 is 0 Å². The third-order valence-corrected chi connectivity index (χ3v) is 3.41. The van der Waals surface area contributed by atoms with Crippen LogP contribution < -0.4 is 11.1 Å². The molecule has 5 nitrogen and oxygen atoms in total. The molecule has 0 fully saturated rings. The van der Waals surface area contributed by atoms with E-state index in [0.29, 0.717) is 11.9 Å². The van der Waals surface area contributed by atoms with Gasteiger partial charge in [-0.05, 0) is 40.8 Å². The minimum absolute atomic E-state index is 0.577. The van der Waals surface area contributed by atoms with Crippen LogP contribution in [0.1, 0.15) is 38.6 Å². The Morgan fingerprint density at radius 1 is 1.32 bits per heavy atom. The van der Waals surface area contributed by atoms with Crippen LogP contribution in [0.15, 0.2) is 0 Å². The summed E-state index contributed by atoms with van der Waals surface area (Å²) in [5.41, 5.74) is 6.83. The second kappa shape index (κ2) is 7.28. The van der Waals surface area contributed by atoms with Gasteiger partial charge in [0.1, 0.15) is 17.5 Å². The maximum absolute atomic E-state index is 5.89. The largest absolute Gasteiger partial charge is 0.383 e. The molecule has 0 radical (unpaired) electrons. The number of anilines is 2. The Kier molecular flexibility index (Phi) is 6.02. The van der Waals surface area contributed by atoms with Crippen LogP contribution in [0, 0.1) is 6.92 Å². The first-order chi connectivity index (χ1) is 8.95. The lowest BCUT2D eigenvalue weighted by molar-refractivity contribution is 0.273. The maximum atomic E-state index is 5.89. The van der Waals surface area contributed by atoms with E-state index in [1.807, 2.05) is 13.8 Å². The van der Waals surface area contributed by atoms with Crippen molar-refractivity contribution >= 4 is 11.6 Å². The molecule has 108 valence electrons. The highest BCUT2D eigenvalue weighted by Crippen LogP contribution is 2.17. The molecule has 0 saturated heterocycles. The van der Waals surface area contributed by atoms with Crippen LogP contribution in [-0.2, 0) is 6.42 Å². The summed E-state index contributed by atoms with van der Waals surface area (Å²) >= 11 is 0. The Labute approximate surface area is 116 Å². The Morgan fingerprint density at radius 3 is 2.58 bits per heavy atom. The highest BCUT2D eigenvalue weighted by Gasteiger charge is 2.07. The zero-order chi connectivity index (χ0) is 14.4. The van der Waals surface area contributed by atoms with Crippen molar-refractivity contribution < 1.29 is 0 Å². The van der Waals surface area contributed by atoms with Crippen molar-refractivity contribution in [1.82, 2.24) is 14.9 Å². The van der Waals surface area contributed by atoms with Gasteiger partial charge in [-0.3, -0.25) is 0 Å². The van der Waals surface area contributed by atoms with Crippen molar-refractivity contribution in [1.29, 1.82) is 0 Å². The smallest absolute Gasteiger partial charge is 0.134 e. The van der Waals surface area contributed by atoms with Gasteiger partial charge in [-0.15, -0.1) is 0 Å². The van der Waals surface area contributed by atoms with E-state index in [1.165, 1.54) is 0 Å². The van der Waals surface area contributed by atoms with Crippen LogP contribution >= 0.6 is 0 Å². The summed E-state index contributed by atoms with van der Waals surface area (Å²) in [6.45, 7) is 10.4. The molecule has 1 aromatic rings. The van der Waals surface area contributed by atoms with Gasteiger partial charge in [0.25, 0.3) is 0 Å². The third kappa shape index (κ3) is 4.67. The lowest BCUT2D eigenvalue weighted by Crippen LogP contribution is -2.28. The molecule has 0 atom stereocenters. The van der Waals surface area contributed by atoms with Crippen LogP contribution in [0.25, 0.3) is 0 Å². The van der Waals surface area contributed by atoms with E-state index in [0.717, 1.165) is 43.1 Å². The second-order valence-corrected chi connectivity index (χ2v) is 5.21. The van der Waals surface area contributed by atoms with Crippen LogP contribution in [0.4, 0.5) is 11.6 Å². The molecule has 19 heavy (non-hydrogen) atoms. The lowest BCUT2D eigenvalue weighted by atomic mass is 10.2.